The number of pyridine rings is 1. The predicted molar refractivity (Wildman–Crippen MR) is 164 cm³/mol. The Hall–Kier alpha value is -3.57. The second-order valence-corrected chi connectivity index (χ2v) is 12.3. The van der Waals surface area contributed by atoms with Gasteiger partial charge in [-0.2, -0.15) is 0 Å². The molecular weight excluding hydrogens is 585 g/mol. The molecule has 4 aromatic rings. The third-order valence-electron chi connectivity index (χ3n) is 8.79. The Labute approximate surface area is 260 Å². The van der Waals surface area contributed by atoms with E-state index in [-0.39, 0.29) is 30.4 Å². The van der Waals surface area contributed by atoms with E-state index in [2.05, 4.69) is 14.8 Å². The lowest BCUT2D eigenvalue weighted by Crippen LogP contribution is -2.38. The molecule has 1 N–H and O–H groups in total. The van der Waals surface area contributed by atoms with Crippen LogP contribution in [-0.2, 0) is 34.0 Å². The van der Waals surface area contributed by atoms with E-state index in [0.717, 1.165) is 80.3 Å². The van der Waals surface area contributed by atoms with Crippen molar-refractivity contribution in [3.05, 3.63) is 82.5 Å². The summed E-state index contributed by atoms with van der Waals surface area (Å²) in [6, 6.07) is 16.3. The fraction of sp³-hybridized carbons (Fsp3) is 0.424. The van der Waals surface area contributed by atoms with E-state index in [9.17, 15) is 9.18 Å². The summed E-state index contributed by atoms with van der Waals surface area (Å²) in [6.07, 6.45) is 3.18. The van der Waals surface area contributed by atoms with E-state index in [1.54, 1.807) is 18.2 Å². The van der Waals surface area contributed by atoms with Crippen molar-refractivity contribution >= 4 is 34.2 Å². The van der Waals surface area contributed by atoms with Gasteiger partial charge in [0.05, 0.1) is 49.4 Å². The summed E-state index contributed by atoms with van der Waals surface area (Å²) >= 11 is 5.86. The molecule has 2 aromatic heterocycles. The van der Waals surface area contributed by atoms with Crippen LogP contribution in [-0.4, -0.2) is 64.4 Å². The molecule has 5 heterocycles. The number of amides is 1. The van der Waals surface area contributed by atoms with Gasteiger partial charge in [-0.15, -0.1) is 0 Å². The van der Waals surface area contributed by atoms with Gasteiger partial charge in [-0.1, -0.05) is 23.7 Å². The number of nitrogens with one attached hydrogen (secondary N) is 1. The van der Waals surface area contributed by atoms with Crippen LogP contribution in [0.3, 0.4) is 0 Å². The van der Waals surface area contributed by atoms with Crippen LogP contribution in [0.15, 0.2) is 54.6 Å². The fourth-order valence-corrected chi connectivity index (χ4v) is 6.12. The first-order chi connectivity index (χ1) is 21.5. The van der Waals surface area contributed by atoms with E-state index in [4.69, 9.17) is 35.8 Å². The van der Waals surface area contributed by atoms with E-state index in [0.29, 0.717) is 35.6 Å². The molecule has 1 atom stereocenters. The number of anilines is 1. The van der Waals surface area contributed by atoms with Crippen molar-refractivity contribution < 1.29 is 23.4 Å². The van der Waals surface area contributed by atoms with Gasteiger partial charge in [0.15, 0.2) is 0 Å². The highest BCUT2D eigenvalue weighted by Gasteiger charge is 2.28. The molecule has 3 aliphatic heterocycles. The zero-order valence-corrected chi connectivity index (χ0v) is 25.1. The number of hydrogen-bond donors (Lipinski definition) is 1. The second kappa shape index (κ2) is 12.8. The van der Waals surface area contributed by atoms with Gasteiger partial charge in [0.2, 0.25) is 11.8 Å². The highest BCUT2D eigenvalue weighted by Crippen LogP contribution is 2.30. The van der Waals surface area contributed by atoms with Crippen molar-refractivity contribution in [2.45, 2.75) is 51.0 Å². The van der Waals surface area contributed by atoms with E-state index >= 15 is 0 Å². The summed E-state index contributed by atoms with van der Waals surface area (Å²) in [7, 11) is 0. The van der Waals surface area contributed by atoms with Crippen molar-refractivity contribution in [2.75, 3.05) is 38.2 Å². The van der Waals surface area contributed by atoms with E-state index in [1.807, 2.05) is 30.3 Å². The highest BCUT2D eigenvalue weighted by atomic mass is 35.5. The first-order valence-electron chi connectivity index (χ1n) is 15.2. The molecule has 7 rings (SSSR count). The predicted octanol–water partition coefficient (Wildman–Crippen LogP) is 5.56. The molecule has 2 aromatic carbocycles. The van der Waals surface area contributed by atoms with Crippen LogP contribution in [0.2, 0.25) is 5.02 Å². The van der Waals surface area contributed by atoms with Gasteiger partial charge in [-0.05, 0) is 68.8 Å². The number of carbonyl (C=O) groups is 1. The van der Waals surface area contributed by atoms with Crippen molar-refractivity contribution in [1.82, 2.24) is 19.4 Å². The van der Waals surface area contributed by atoms with Crippen LogP contribution >= 0.6 is 11.6 Å². The van der Waals surface area contributed by atoms with Crippen LogP contribution in [0.25, 0.3) is 11.0 Å². The van der Waals surface area contributed by atoms with Gasteiger partial charge in [-0.3, -0.25) is 9.69 Å². The Morgan fingerprint density at radius 2 is 1.91 bits per heavy atom. The first-order valence-corrected chi connectivity index (χ1v) is 15.6. The molecule has 0 radical (unpaired) electrons. The minimum atomic E-state index is -0.388. The second-order valence-electron chi connectivity index (χ2n) is 11.8. The molecule has 3 fully saturated rings. The van der Waals surface area contributed by atoms with Crippen LogP contribution < -0.4 is 10.1 Å². The van der Waals surface area contributed by atoms with Gasteiger partial charge in [0.1, 0.15) is 18.2 Å². The number of imidazole rings is 1. The van der Waals surface area contributed by atoms with Crippen LogP contribution in [0.5, 0.6) is 5.88 Å². The molecule has 0 spiro atoms. The number of halogens is 2. The summed E-state index contributed by atoms with van der Waals surface area (Å²) in [5, 5.41) is 3.37. The number of hydrogen-bond acceptors (Lipinski definition) is 7. The molecule has 0 aliphatic carbocycles. The molecule has 3 aliphatic rings. The number of benzene rings is 2. The van der Waals surface area contributed by atoms with Crippen LogP contribution in [0, 0.1) is 11.7 Å². The standard InChI is InChI=1S/C33H35ClFN5O4/c34-24-5-4-22(27(35)14-24)20-44-32-3-1-2-28(38-32)21-8-11-39(12-9-21)17-31-37-29-15-25(36-33(41)23-18-42-19-23)6-7-30(29)40(31)16-26-10-13-43-26/h1-7,14-15,21,23,26H,8-13,16-20H2,(H,36,41). The van der Waals surface area contributed by atoms with Crippen LogP contribution in [0.1, 0.15) is 42.3 Å². The summed E-state index contributed by atoms with van der Waals surface area (Å²) in [4.78, 5) is 24.7. The zero-order chi connectivity index (χ0) is 30.0. The first kappa shape index (κ1) is 29.2. The Kier molecular flexibility index (Phi) is 8.49. The number of likely N-dealkylation sites (tertiary alicyclic amines) is 1. The third-order valence-corrected chi connectivity index (χ3v) is 9.03. The molecule has 1 unspecified atom stereocenters. The average Bonchev–Trinajstić information content (AvgIpc) is 3.29. The van der Waals surface area contributed by atoms with Crippen molar-refractivity contribution in [3.8, 4) is 5.88 Å². The quantitative estimate of drug-likeness (QED) is 0.249. The minimum Gasteiger partial charge on any atom is -0.473 e. The minimum absolute atomic E-state index is 0.0111. The van der Waals surface area contributed by atoms with Crippen molar-refractivity contribution in [3.63, 3.8) is 0 Å². The molecule has 0 bridgehead atoms. The number of piperidine rings is 1. The summed E-state index contributed by atoms with van der Waals surface area (Å²) in [5.41, 5.74) is 4.11. The van der Waals surface area contributed by atoms with Crippen molar-refractivity contribution in [2.24, 2.45) is 5.92 Å². The summed E-state index contributed by atoms with van der Waals surface area (Å²) < 4.78 is 33.2. The molecule has 1 amide bonds. The Morgan fingerprint density at radius 1 is 1.07 bits per heavy atom. The molecule has 44 heavy (non-hydrogen) atoms. The fourth-order valence-electron chi connectivity index (χ4n) is 5.96. The number of rotatable bonds is 10. The number of ether oxygens (including phenoxy) is 3. The van der Waals surface area contributed by atoms with Gasteiger partial charge in [-0.25, -0.2) is 14.4 Å². The Balaban J connectivity index is 0.999. The Morgan fingerprint density at radius 3 is 2.64 bits per heavy atom. The van der Waals surface area contributed by atoms with E-state index in [1.165, 1.54) is 6.07 Å². The van der Waals surface area contributed by atoms with Gasteiger partial charge in [0, 0.05) is 40.6 Å². The average molecular weight is 620 g/mol. The molecule has 230 valence electrons. The SMILES string of the molecule is O=C(Nc1ccc2c(c1)nc(CN1CCC(c3cccc(OCc4ccc(Cl)cc4F)n3)CC1)n2CC1CCO1)C1COC1. The topological polar surface area (TPSA) is 90.7 Å². The molecule has 0 saturated carbocycles. The molecule has 9 nitrogen and oxygen atoms in total. The highest BCUT2D eigenvalue weighted by molar-refractivity contribution is 6.30. The lowest BCUT2D eigenvalue weighted by atomic mass is 9.93. The molecule has 11 heteroatoms. The van der Waals surface area contributed by atoms with E-state index < -0.39 is 0 Å². The Bertz CT molecular complexity index is 1650. The normalized spacial score (nSPS) is 19.5. The summed E-state index contributed by atoms with van der Waals surface area (Å²) in [6.45, 7) is 5.19. The lowest BCUT2D eigenvalue weighted by Gasteiger charge is -2.32. The summed E-state index contributed by atoms with van der Waals surface area (Å²) in [5.74, 6) is 1.33. The molecular formula is C33H35ClFN5O4. The maximum Gasteiger partial charge on any atom is 0.232 e. The smallest absolute Gasteiger partial charge is 0.232 e. The maximum absolute atomic E-state index is 14.2. The molecule has 3 saturated heterocycles. The monoisotopic (exact) mass is 619 g/mol. The van der Waals surface area contributed by atoms with Gasteiger partial charge >= 0.3 is 0 Å². The van der Waals surface area contributed by atoms with Gasteiger partial charge in [0.25, 0.3) is 0 Å². The number of carbonyl (C=O) groups excluding carboxylic acids is 1. The number of fused-ring (bicyclic) bond motifs is 1. The zero-order valence-electron chi connectivity index (χ0n) is 24.4. The number of nitrogens with zero attached hydrogens (tertiary/aromatic N) is 4. The number of aromatic nitrogens is 3. The van der Waals surface area contributed by atoms with Gasteiger partial charge < -0.3 is 24.1 Å². The van der Waals surface area contributed by atoms with Crippen LogP contribution in [0.4, 0.5) is 10.1 Å². The van der Waals surface area contributed by atoms with Crippen molar-refractivity contribution in [1.29, 1.82) is 0 Å². The lowest BCUT2D eigenvalue weighted by molar-refractivity contribution is -0.133. The largest absolute Gasteiger partial charge is 0.473 e. The third kappa shape index (κ3) is 6.44. The maximum atomic E-state index is 14.2.